The van der Waals surface area contributed by atoms with Crippen molar-refractivity contribution in [1.82, 2.24) is 0 Å². The first-order valence-electron chi connectivity index (χ1n) is 5.71. The first-order chi connectivity index (χ1) is 8.21. The molecule has 1 atom stereocenters. The number of carbonyl (C=O) groups is 1. The first kappa shape index (κ1) is 13.1. The van der Waals surface area contributed by atoms with Crippen molar-refractivity contribution in [2.24, 2.45) is 5.41 Å². The van der Waals surface area contributed by atoms with Gasteiger partial charge in [-0.2, -0.15) is 0 Å². The summed E-state index contributed by atoms with van der Waals surface area (Å²) in [6, 6.07) is 6.26. The summed E-state index contributed by atoms with van der Waals surface area (Å²) in [5, 5.41) is 0. The highest BCUT2D eigenvalue weighted by molar-refractivity contribution is 7.90. The minimum absolute atomic E-state index is 0.130. The number of benzene rings is 1. The minimum Gasteiger partial charge on any atom is -0.489 e. The van der Waals surface area contributed by atoms with E-state index in [2.05, 4.69) is 0 Å². The maximum atomic E-state index is 11.4. The van der Waals surface area contributed by atoms with Crippen LogP contribution in [-0.2, 0) is 14.6 Å². The molecule has 0 aromatic heterocycles. The minimum atomic E-state index is -3.18. The molecule has 1 aromatic carbocycles. The van der Waals surface area contributed by atoms with E-state index in [1.165, 1.54) is 12.1 Å². The average Bonchev–Trinajstić information content (AvgIpc) is 2.28. The molecule has 0 saturated heterocycles. The summed E-state index contributed by atoms with van der Waals surface area (Å²) in [6.45, 7) is 3.71. The second kappa shape index (κ2) is 4.09. The Morgan fingerprint density at radius 1 is 1.22 bits per heavy atom. The lowest BCUT2D eigenvalue weighted by molar-refractivity contribution is -0.148. The van der Waals surface area contributed by atoms with Crippen LogP contribution in [0.5, 0.6) is 5.75 Å². The van der Waals surface area contributed by atoms with Crippen LogP contribution in [0, 0.1) is 5.41 Å². The fourth-order valence-electron chi connectivity index (χ4n) is 1.85. The van der Waals surface area contributed by atoms with E-state index in [1.807, 2.05) is 13.8 Å². The largest absolute Gasteiger partial charge is 0.489 e. The fraction of sp³-hybridized carbons (Fsp3) is 0.462. The summed E-state index contributed by atoms with van der Waals surface area (Å²) in [7, 11) is -3.18. The summed E-state index contributed by atoms with van der Waals surface area (Å²) in [5.74, 6) is 0.785. The van der Waals surface area contributed by atoms with Gasteiger partial charge in [-0.25, -0.2) is 8.42 Å². The van der Waals surface area contributed by atoms with Gasteiger partial charge in [0.15, 0.2) is 9.84 Å². The van der Waals surface area contributed by atoms with Gasteiger partial charge in [-0.3, -0.25) is 4.79 Å². The van der Waals surface area contributed by atoms with Crippen molar-refractivity contribution in [3.8, 4) is 5.75 Å². The van der Waals surface area contributed by atoms with Crippen molar-refractivity contribution in [3.05, 3.63) is 24.3 Å². The summed E-state index contributed by atoms with van der Waals surface area (Å²) >= 11 is 0. The molecule has 0 aliphatic heterocycles. The molecule has 0 N–H and O–H groups in total. The molecule has 0 heterocycles. The summed E-state index contributed by atoms with van der Waals surface area (Å²) < 4.78 is 28.3. The fourth-order valence-corrected chi connectivity index (χ4v) is 2.48. The predicted molar refractivity (Wildman–Crippen MR) is 67.4 cm³/mol. The van der Waals surface area contributed by atoms with Crippen molar-refractivity contribution in [1.29, 1.82) is 0 Å². The molecule has 2 rings (SSSR count). The van der Waals surface area contributed by atoms with E-state index >= 15 is 0 Å². The summed E-state index contributed by atoms with van der Waals surface area (Å²) in [6.07, 6.45) is 1.45. The lowest BCUT2D eigenvalue weighted by atomic mass is 9.68. The second-order valence-electron chi connectivity index (χ2n) is 5.20. The lowest BCUT2D eigenvalue weighted by Gasteiger charge is -2.41. The van der Waals surface area contributed by atoms with Crippen molar-refractivity contribution in [2.45, 2.75) is 31.3 Å². The Bertz CT molecular complexity index is 570. The molecule has 1 aliphatic carbocycles. The molecule has 1 aromatic rings. The molecule has 98 valence electrons. The van der Waals surface area contributed by atoms with Crippen molar-refractivity contribution in [3.63, 3.8) is 0 Å². The molecule has 0 spiro atoms. The maximum Gasteiger partial charge on any atom is 0.175 e. The highest BCUT2D eigenvalue weighted by Gasteiger charge is 2.49. The van der Waals surface area contributed by atoms with Crippen molar-refractivity contribution in [2.75, 3.05) is 6.26 Å². The Balaban J connectivity index is 2.11. The molecule has 1 aliphatic rings. The quantitative estimate of drug-likeness (QED) is 0.839. The van der Waals surface area contributed by atoms with Crippen LogP contribution in [0.15, 0.2) is 29.2 Å². The van der Waals surface area contributed by atoms with Crippen LogP contribution in [0.4, 0.5) is 0 Å². The van der Waals surface area contributed by atoms with Gasteiger partial charge in [0.1, 0.15) is 17.6 Å². The predicted octanol–water partition coefficient (Wildman–Crippen LogP) is 1.84. The Labute approximate surface area is 107 Å². The first-order valence-corrected chi connectivity index (χ1v) is 7.60. The monoisotopic (exact) mass is 268 g/mol. The van der Waals surface area contributed by atoms with E-state index in [1.54, 1.807) is 12.1 Å². The van der Waals surface area contributed by atoms with Crippen LogP contribution >= 0.6 is 0 Å². The van der Waals surface area contributed by atoms with E-state index < -0.39 is 15.3 Å². The highest BCUT2D eigenvalue weighted by atomic mass is 32.2. The molecule has 0 radical (unpaired) electrons. The van der Waals surface area contributed by atoms with E-state index in [9.17, 15) is 13.2 Å². The smallest absolute Gasteiger partial charge is 0.175 e. The molecule has 1 saturated carbocycles. The number of ketones is 1. The zero-order valence-electron chi connectivity index (χ0n) is 10.6. The van der Waals surface area contributed by atoms with Gasteiger partial charge in [0.05, 0.1) is 10.3 Å². The molecular formula is C13H16O4S. The zero-order chi connectivity index (χ0) is 13.6. The number of carbonyl (C=O) groups excluding carboxylic acids is 1. The second-order valence-corrected chi connectivity index (χ2v) is 7.21. The number of ether oxygens (including phenoxy) is 1. The summed E-state index contributed by atoms with van der Waals surface area (Å²) in [4.78, 5) is 11.6. The molecular weight excluding hydrogens is 252 g/mol. The van der Waals surface area contributed by atoms with E-state index in [4.69, 9.17) is 4.74 Å². The van der Waals surface area contributed by atoms with Crippen LogP contribution in [0.2, 0.25) is 0 Å². The third-order valence-electron chi connectivity index (χ3n) is 3.42. The van der Waals surface area contributed by atoms with Gasteiger partial charge < -0.3 is 4.74 Å². The number of Topliss-reactive ketones (excluding diaryl/α,β-unsaturated/α-hetero) is 1. The average molecular weight is 268 g/mol. The van der Waals surface area contributed by atoms with Gasteiger partial charge in [-0.05, 0) is 38.1 Å². The molecule has 5 heteroatoms. The number of hydrogen-bond donors (Lipinski definition) is 0. The molecule has 18 heavy (non-hydrogen) atoms. The number of rotatable bonds is 3. The van der Waals surface area contributed by atoms with Gasteiger partial charge in [0.2, 0.25) is 0 Å². The Kier molecular flexibility index (Phi) is 2.97. The Hall–Kier alpha value is -1.36. The lowest BCUT2D eigenvalue weighted by Crippen LogP contribution is -2.52. The third kappa shape index (κ3) is 2.27. The van der Waals surface area contributed by atoms with Crippen LogP contribution in [0.25, 0.3) is 0 Å². The topological polar surface area (TPSA) is 60.4 Å². The third-order valence-corrected chi connectivity index (χ3v) is 4.55. The van der Waals surface area contributed by atoms with Crippen LogP contribution in [-0.4, -0.2) is 26.6 Å². The van der Waals surface area contributed by atoms with Crippen molar-refractivity contribution >= 4 is 15.6 Å². The molecule has 1 fully saturated rings. The zero-order valence-corrected chi connectivity index (χ0v) is 11.5. The molecule has 1 unspecified atom stereocenters. The van der Waals surface area contributed by atoms with Gasteiger partial charge in [0, 0.05) is 12.7 Å². The van der Waals surface area contributed by atoms with Gasteiger partial charge in [0.25, 0.3) is 0 Å². The number of sulfone groups is 1. The molecule has 4 nitrogen and oxygen atoms in total. The molecule has 0 bridgehead atoms. The van der Waals surface area contributed by atoms with E-state index in [0.717, 1.165) is 6.26 Å². The normalized spacial score (nSPS) is 22.4. The van der Waals surface area contributed by atoms with Crippen LogP contribution in [0.3, 0.4) is 0 Å². The highest BCUT2D eigenvalue weighted by Crippen LogP contribution is 2.39. The van der Waals surface area contributed by atoms with Gasteiger partial charge in [-0.1, -0.05) is 0 Å². The number of hydrogen-bond acceptors (Lipinski definition) is 4. The van der Waals surface area contributed by atoms with Crippen LogP contribution < -0.4 is 4.74 Å². The standard InChI is InChI=1S/C13H16O4S/c1-13(2)11(14)8-12(13)17-9-4-6-10(7-5-9)18(3,15)16/h4-7,12H,8H2,1-3H3. The summed E-state index contributed by atoms with van der Waals surface area (Å²) in [5.41, 5.74) is -0.449. The Morgan fingerprint density at radius 2 is 1.78 bits per heavy atom. The van der Waals surface area contributed by atoms with Crippen molar-refractivity contribution < 1.29 is 17.9 Å². The van der Waals surface area contributed by atoms with E-state index in [0.29, 0.717) is 12.2 Å². The van der Waals surface area contributed by atoms with Crippen LogP contribution in [0.1, 0.15) is 20.3 Å². The van der Waals surface area contributed by atoms with E-state index in [-0.39, 0.29) is 16.8 Å². The molecule has 0 amide bonds. The van der Waals surface area contributed by atoms with Gasteiger partial charge in [-0.15, -0.1) is 0 Å². The van der Waals surface area contributed by atoms with Gasteiger partial charge >= 0.3 is 0 Å². The SMILES string of the molecule is CC1(C)C(=O)CC1Oc1ccc(S(C)(=O)=O)cc1. The maximum absolute atomic E-state index is 11.4. The Morgan fingerprint density at radius 3 is 2.17 bits per heavy atom.